The van der Waals surface area contributed by atoms with E-state index in [1.807, 2.05) is 84.9 Å². The Bertz CT molecular complexity index is 1040. The molecule has 1 heterocycles. The van der Waals surface area contributed by atoms with Gasteiger partial charge in [-0.25, -0.2) is 4.79 Å². The number of hydrogen-bond acceptors (Lipinski definition) is 4. The van der Waals surface area contributed by atoms with Gasteiger partial charge in [0, 0.05) is 13.0 Å². The zero-order valence-corrected chi connectivity index (χ0v) is 17.4. The minimum Gasteiger partial charge on any atom is -0.495 e. The zero-order valence-electron chi connectivity index (χ0n) is 17.4. The van der Waals surface area contributed by atoms with Gasteiger partial charge in [-0.05, 0) is 23.3 Å². The van der Waals surface area contributed by atoms with E-state index in [4.69, 9.17) is 9.57 Å². The fraction of sp³-hybridized carbons (Fsp3) is 0.200. The van der Waals surface area contributed by atoms with Crippen LogP contribution in [0.15, 0.2) is 90.1 Å². The van der Waals surface area contributed by atoms with Crippen LogP contribution in [0.1, 0.15) is 17.5 Å². The second-order valence-electron chi connectivity index (χ2n) is 7.33. The molecule has 158 valence electrons. The van der Waals surface area contributed by atoms with Gasteiger partial charge in [-0.15, -0.1) is 0 Å². The number of para-hydroxylation sites is 2. The highest BCUT2D eigenvalue weighted by molar-refractivity contribution is 6.01. The molecule has 1 aliphatic rings. The number of ether oxygens (including phenoxy) is 1. The van der Waals surface area contributed by atoms with E-state index in [1.54, 1.807) is 12.0 Å². The molecule has 0 unspecified atom stereocenters. The zero-order chi connectivity index (χ0) is 21.5. The van der Waals surface area contributed by atoms with Crippen molar-refractivity contribution in [1.82, 2.24) is 4.90 Å². The van der Waals surface area contributed by atoms with Crippen LogP contribution in [0.25, 0.3) is 0 Å². The molecule has 0 saturated carbocycles. The summed E-state index contributed by atoms with van der Waals surface area (Å²) in [4.78, 5) is 20.6. The van der Waals surface area contributed by atoms with Gasteiger partial charge in [0.2, 0.25) is 0 Å². The Morgan fingerprint density at radius 2 is 1.71 bits per heavy atom. The van der Waals surface area contributed by atoms with Crippen molar-refractivity contribution in [3.8, 4) is 5.75 Å². The fourth-order valence-corrected chi connectivity index (χ4v) is 3.54. The summed E-state index contributed by atoms with van der Waals surface area (Å²) < 4.78 is 5.36. The number of anilines is 1. The number of benzene rings is 3. The van der Waals surface area contributed by atoms with Crippen LogP contribution in [0.2, 0.25) is 0 Å². The highest BCUT2D eigenvalue weighted by Crippen LogP contribution is 2.24. The third kappa shape index (κ3) is 5.22. The maximum Gasteiger partial charge on any atom is 0.322 e. The summed E-state index contributed by atoms with van der Waals surface area (Å²) >= 11 is 0. The maximum absolute atomic E-state index is 13.2. The number of carbonyl (C=O) groups is 1. The molecule has 1 atom stereocenters. The number of nitrogens with one attached hydrogen (secondary N) is 1. The Morgan fingerprint density at radius 1 is 1.03 bits per heavy atom. The van der Waals surface area contributed by atoms with Crippen molar-refractivity contribution in [2.75, 3.05) is 19.0 Å². The quantitative estimate of drug-likeness (QED) is 0.596. The Hall–Kier alpha value is -3.80. The second-order valence-corrected chi connectivity index (χ2v) is 7.33. The van der Waals surface area contributed by atoms with Crippen molar-refractivity contribution in [2.45, 2.75) is 19.1 Å². The Kier molecular flexibility index (Phi) is 6.47. The van der Waals surface area contributed by atoms with Crippen molar-refractivity contribution in [2.24, 2.45) is 5.16 Å². The smallest absolute Gasteiger partial charge is 0.322 e. The highest BCUT2D eigenvalue weighted by atomic mass is 16.6. The summed E-state index contributed by atoms with van der Waals surface area (Å²) in [5, 5.41) is 7.22. The number of nitrogens with zero attached hydrogens (tertiary/aromatic N) is 2. The van der Waals surface area contributed by atoms with E-state index in [0.717, 1.165) is 16.8 Å². The molecule has 0 saturated heterocycles. The monoisotopic (exact) mass is 415 g/mol. The van der Waals surface area contributed by atoms with E-state index in [2.05, 4.69) is 10.5 Å². The van der Waals surface area contributed by atoms with Crippen LogP contribution in [0.3, 0.4) is 0 Å². The van der Waals surface area contributed by atoms with Gasteiger partial charge in [0.1, 0.15) is 5.75 Å². The van der Waals surface area contributed by atoms with E-state index in [0.29, 0.717) is 30.9 Å². The number of carbonyl (C=O) groups excluding carboxylic acids is 1. The van der Waals surface area contributed by atoms with Gasteiger partial charge in [0.25, 0.3) is 0 Å². The molecule has 1 N–H and O–H groups in total. The van der Waals surface area contributed by atoms with Gasteiger partial charge in [-0.1, -0.05) is 78.0 Å². The second kappa shape index (κ2) is 9.80. The molecular formula is C25H25N3O3. The fourth-order valence-electron chi connectivity index (χ4n) is 3.54. The largest absolute Gasteiger partial charge is 0.495 e. The number of oxime groups is 1. The third-order valence-corrected chi connectivity index (χ3v) is 5.12. The first-order valence-electron chi connectivity index (χ1n) is 10.2. The standard InChI is InChI=1S/C25H25N3O3/c1-30-24-15-9-8-14-22(24)26-25(29)28(17-19-10-4-2-5-11-19)18-21-16-23(27-31-21)20-12-6-3-7-13-20/h2-15,21H,16-18H2,1H3,(H,26,29)/t21-/m0/s1. The Labute approximate surface area is 182 Å². The number of urea groups is 1. The summed E-state index contributed by atoms with van der Waals surface area (Å²) in [6, 6.07) is 27.0. The molecule has 2 amide bonds. The summed E-state index contributed by atoms with van der Waals surface area (Å²) in [6.07, 6.45) is 0.444. The molecule has 6 heteroatoms. The average Bonchev–Trinajstić information content (AvgIpc) is 3.29. The van der Waals surface area contributed by atoms with E-state index < -0.39 is 0 Å². The van der Waals surface area contributed by atoms with Gasteiger partial charge in [-0.3, -0.25) is 0 Å². The minimum atomic E-state index is -0.217. The molecule has 0 fully saturated rings. The summed E-state index contributed by atoms with van der Waals surface area (Å²) in [5.74, 6) is 0.613. The highest BCUT2D eigenvalue weighted by Gasteiger charge is 2.27. The van der Waals surface area contributed by atoms with E-state index in [-0.39, 0.29) is 12.1 Å². The average molecular weight is 415 g/mol. The SMILES string of the molecule is COc1ccccc1NC(=O)N(Cc1ccccc1)C[C@@H]1CC(c2ccccc2)=NO1. The number of amides is 2. The molecule has 0 radical (unpaired) electrons. The van der Waals surface area contributed by atoms with Crippen molar-refractivity contribution < 1.29 is 14.4 Å². The lowest BCUT2D eigenvalue weighted by Gasteiger charge is -2.25. The molecule has 3 aromatic rings. The molecular weight excluding hydrogens is 390 g/mol. The Balaban J connectivity index is 1.47. The van der Waals surface area contributed by atoms with E-state index in [1.165, 1.54) is 0 Å². The Morgan fingerprint density at radius 3 is 2.45 bits per heavy atom. The number of hydrogen-bond donors (Lipinski definition) is 1. The maximum atomic E-state index is 13.2. The van der Waals surface area contributed by atoms with Crippen LogP contribution >= 0.6 is 0 Å². The van der Waals surface area contributed by atoms with Crippen molar-refractivity contribution in [3.63, 3.8) is 0 Å². The lowest BCUT2D eigenvalue weighted by atomic mass is 10.0. The van der Waals surface area contributed by atoms with Crippen LogP contribution < -0.4 is 10.1 Å². The van der Waals surface area contributed by atoms with Gasteiger partial charge in [0.15, 0.2) is 6.10 Å². The van der Waals surface area contributed by atoms with Gasteiger partial charge < -0.3 is 19.8 Å². The molecule has 0 aromatic heterocycles. The first kappa shape index (κ1) is 20.5. The predicted molar refractivity (Wildman–Crippen MR) is 121 cm³/mol. The lowest BCUT2D eigenvalue weighted by Crippen LogP contribution is -2.40. The number of methoxy groups -OCH3 is 1. The first-order valence-corrected chi connectivity index (χ1v) is 10.2. The van der Waals surface area contributed by atoms with Crippen LogP contribution in [-0.4, -0.2) is 36.4 Å². The minimum absolute atomic E-state index is 0.206. The topological polar surface area (TPSA) is 63.2 Å². The van der Waals surface area contributed by atoms with Gasteiger partial charge in [0.05, 0.1) is 25.1 Å². The third-order valence-electron chi connectivity index (χ3n) is 5.12. The summed E-state index contributed by atoms with van der Waals surface area (Å²) in [5.41, 5.74) is 3.61. The molecule has 3 aromatic carbocycles. The predicted octanol–water partition coefficient (Wildman–Crippen LogP) is 4.92. The lowest BCUT2D eigenvalue weighted by molar-refractivity contribution is 0.0608. The number of rotatable bonds is 7. The molecule has 6 nitrogen and oxygen atoms in total. The van der Waals surface area contributed by atoms with Crippen LogP contribution in [0, 0.1) is 0 Å². The normalized spacial score (nSPS) is 15.0. The van der Waals surface area contributed by atoms with E-state index >= 15 is 0 Å². The summed E-state index contributed by atoms with van der Waals surface area (Å²) in [7, 11) is 1.58. The molecule has 0 bridgehead atoms. The molecule has 0 spiro atoms. The van der Waals surface area contributed by atoms with Crippen LogP contribution in [0.5, 0.6) is 5.75 Å². The van der Waals surface area contributed by atoms with Gasteiger partial charge in [-0.2, -0.15) is 0 Å². The molecule has 0 aliphatic carbocycles. The first-order chi connectivity index (χ1) is 15.2. The van der Waals surface area contributed by atoms with Crippen LogP contribution in [-0.2, 0) is 11.4 Å². The van der Waals surface area contributed by atoms with Gasteiger partial charge >= 0.3 is 6.03 Å². The van der Waals surface area contributed by atoms with Crippen molar-refractivity contribution >= 4 is 17.4 Å². The molecule has 31 heavy (non-hydrogen) atoms. The van der Waals surface area contributed by atoms with Crippen LogP contribution in [0.4, 0.5) is 10.5 Å². The van der Waals surface area contributed by atoms with Crippen molar-refractivity contribution in [1.29, 1.82) is 0 Å². The van der Waals surface area contributed by atoms with Crippen molar-refractivity contribution in [3.05, 3.63) is 96.1 Å². The summed E-state index contributed by atoms with van der Waals surface area (Å²) in [6.45, 7) is 0.873. The van der Waals surface area contributed by atoms with E-state index in [9.17, 15) is 4.79 Å². The molecule has 4 rings (SSSR count). The molecule has 1 aliphatic heterocycles.